The third kappa shape index (κ3) is 4.45. The zero-order valence-corrected chi connectivity index (χ0v) is 21.3. The van der Waals surface area contributed by atoms with Gasteiger partial charge in [0.2, 0.25) is 11.8 Å². The molecule has 0 aliphatic heterocycles. The number of alkyl halides is 3. The van der Waals surface area contributed by atoms with E-state index in [9.17, 15) is 0 Å². The molecule has 3 heterocycles. The molecule has 0 amide bonds. The number of imidazole rings is 1. The Kier molecular flexibility index (Phi) is 5.70. The number of anilines is 1. The molecule has 35 heavy (non-hydrogen) atoms. The van der Waals surface area contributed by atoms with Crippen LogP contribution in [0, 0.1) is 0 Å². The summed E-state index contributed by atoms with van der Waals surface area (Å²) in [6.07, 6.45) is 3.39. The molecule has 3 aromatic heterocycles. The van der Waals surface area contributed by atoms with E-state index >= 15 is 0 Å². The van der Waals surface area contributed by atoms with E-state index in [1.54, 1.807) is 12.4 Å². The van der Waals surface area contributed by atoms with Crippen molar-refractivity contribution in [3.8, 4) is 33.9 Å². The molecule has 0 fully saturated rings. The topological polar surface area (TPSA) is 109 Å². The van der Waals surface area contributed by atoms with Crippen LogP contribution < -0.4 is 5.73 Å². The minimum atomic E-state index is -1.82. The van der Waals surface area contributed by atoms with Crippen LogP contribution in [0.4, 0.5) is 5.95 Å². The van der Waals surface area contributed by atoms with Crippen molar-refractivity contribution in [3.05, 3.63) is 60.7 Å². The van der Waals surface area contributed by atoms with E-state index in [4.69, 9.17) is 50.0 Å². The lowest BCUT2D eigenvalue weighted by molar-refractivity contribution is 0.383. The number of nitrogen functional groups attached to an aromatic ring is 1. The molecule has 5 rings (SSSR count). The smallest absolute Gasteiger partial charge is 0.279 e. The number of hydrogen-bond acceptors (Lipinski definition) is 7. The Labute approximate surface area is 216 Å². The highest BCUT2D eigenvalue weighted by atomic mass is 35.6. The van der Waals surface area contributed by atoms with E-state index in [1.165, 1.54) is 0 Å². The highest BCUT2D eigenvalue weighted by molar-refractivity contribution is 6.66. The average Bonchev–Trinajstić information content (AvgIpc) is 3.44. The number of fused-ring (bicyclic) bond motifs is 1. The van der Waals surface area contributed by atoms with Crippen LogP contribution in [-0.2, 0) is 9.33 Å². The molecular weight excluding hydrogens is 509 g/mol. The quantitative estimate of drug-likeness (QED) is 0.271. The number of nitrogens with two attached hydrogens (primary N) is 1. The maximum Gasteiger partial charge on any atom is 0.279 e. The molecule has 0 radical (unpaired) electrons. The summed E-state index contributed by atoms with van der Waals surface area (Å²) in [5.74, 6) is 1.17. The van der Waals surface area contributed by atoms with Gasteiger partial charge in [-0.1, -0.05) is 70.3 Å². The largest absolute Gasteiger partial charge is 0.368 e. The molecule has 0 aliphatic rings. The minimum Gasteiger partial charge on any atom is -0.368 e. The van der Waals surface area contributed by atoms with Gasteiger partial charge in [0.15, 0.2) is 0 Å². The molecule has 2 N–H and O–H groups in total. The zero-order valence-electron chi connectivity index (χ0n) is 19.0. The molecule has 2 aromatic carbocycles. The van der Waals surface area contributed by atoms with E-state index in [1.807, 2.05) is 42.5 Å². The fraction of sp³-hybridized carbons (Fsp3) is 0.208. The Morgan fingerprint density at radius 3 is 2.20 bits per heavy atom. The molecule has 8 nitrogen and oxygen atoms in total. The first kappa shape index (κ1) is 23.5. The monoisotopic (exact) mass is 527 g/mol. The van der Waals surface area contributed by atoms with Gasteiger partial charge in [0.1, 0.15) is 5.82 Å². The van der Waals surface area contributed by atoms with E-state index in [0.717, 1.165) is 33.5 Å². The minimum absolute atomic E-state index is 0.105. The van der Waals surface area contributed by atoms with Gasteiger partial charge in [0.25, 0.3) is 9.68 Å². The van der Waals surface area contributed by atoms with Gasteiger partial charge in [-0.2, -0.15) is 4.98 Å². The second-order valence-electron chi connectivity index (χ2n) is 8.94. The molecule has 0 aliphatic carbocycles. The SMILES string of the molecule is CC(C)(C)n1c(-c2ccccc2-c2noc(C(Cl)(Cl)Cl)n2)nc2cc(-c3cnc(N)nc3)ccc21. The van der Waals surface area contributed by atoms with Gasteiger partial charge in [-0.25, -0.2) is 15.0 Å². The first-order valence-electron chi connectivity index (χ1n) is 10.6. The fourth-order valence-electron chi connectivity index (χ4n) is 3.93. The molecule has 0 spiro atoms. The summed E-state index contributed by atoms with van der Waals surface area (Å²) in [5.41, 5.74) is 10.4. The first-order chi connectivity index (χ1) is 16.5. The van der Waals surface area contributed by atoms with Gasteiger partial charge in [-0.3, -0.25) is 0 Å². The molecule has 178 valence electrons. The second kappa shape index (κ2) is 8.48. The third-order valence-electron chi connectivity index (χ3n) is 5.41. The third-order valence-corrected chi connectivity index (χ3v) is 5.89. The van der Waals surface area contributed by atoms with Crippen molar-refractivity contribution in [3.63, 3.8) is 0 Å². The van der Waals surface area contributed by atoms with Crippen molar-refractivity contribution >= 4 is 51.8 Å². The Morgan fingerprint density at radius 2 is 1.57 bits per heavy atom. The summed E-state index contributed by atoms with van der Waals surface area (Å²) in [4.78, 5) is 17.5. The summed E-state index contributed by atoms with van der Waals surface area (Å²) < 4.78 is 5.56. The normalized spacial score (nSPS) is 12.4. The molecule has 5 aromatic rings. The van der Waals surface area contributed by atoms with Crippen LogP contribution in [0.25, 0.3) is 44.9 Å². The fourth-order valence-corrected chi connectivity index (χ4v) is 4.16. The Morgan fingerprint density at radius 1 is 0.886 bits per heavy atom. The molecule has 0 atom stereocenters. The Bertz CT molecular complexity index is 1530. The van der Waals surface area contributed by atoms with Crippen molar-refractivity contribution in [2.24, 2.45) is 0 Å². The van der Waals surface area contributed by atoms with Crippen molar-refractivity contribution in [2.75, 3.05) is 5.73 Å². The number of halogens is 3. The van der Waals surface area contributed by atoms with Crippen LogP contribution in [0.5, 0.6) is 0 Å². The number of nitrogens with zero attached hydrogens (tertiary/aromatic N) is 6. The van der Waals surface area contributed by atoms with Crippen molar-refractivity contribution in [2.45, 2.75) is 30.1 Å². The van der Waals surface area contributed by atoms with E-state index in [-0.39, 0.29) is 17.4 Å². The number of aromatic nitrogens is 6. The standard InChI is InChI=1S/C24H20Cl3N7O/c1-23(2,3)34-18-9-8-13(14-11-29-22(28)30-12-14)10-17(18)31-20(34)16-7-5-4-6-15(16)19-32-21(35-33-19)24(25,26)27/h4-12H,1-3H3,(H2,28,29,30). The van der Waals surface area contributed by atoms with Gasteiger partial charge >= 0.3 is 0 Å². The van der Waals surface area contributed by atoms with E-state index in [0.29, 0.717) is 11.4 Å². The van der Waals surface area contributed by atoms with Gasteiger partial charge < -0.3 is 14.8 Å². The lowest BCUT2D eigenvalue weighted by Gasteiger charge is -2.25. The van der Waals surface area contributed by atoms with Gasteiger partial charge in [-0.15, -0.1) is 0 Å². The van der Waals surface area contributed by atoms with Crippen LogP contribution in [0.15, 0.2) is 59.4 Å². The van der Waals surface area contributed by atoms with E-state index in [2.05, 4.69) is 45.4 Å². The lowest BCUT2D eigenvalue weighted by atomic mass is 10.0. The molecule has 0 saturated heterocycles. The summed E-state index contributed by atoms with van der Waals surface area (Å²) in [5, 5.41) is 4.05. The maximum absolute atomic E-state index is 5.93. The highest BCUT2D eigenvalue weighted by Crippen LogP contribution is 2.40. The van der Waals surface area contributed by atoms with Gasteiger partial charge in [0.05, 0.1) is 11.0 Å². The van der Waals surface area contributed by atoms with Gasteiger partial charge in [-0.05, 0) is 38.5 Å². The maximum atomic E-state index is 5.93. The second-order valence-corrected chi connectivity index (χ2v) is 11.2. The molecular formula is C24H20Cl3N7O. The van der Waals surface area contributed by atoms with Crippen LogP contribution in [0.2, 0.25) is 0 Å². The summed E-state index contributed by atoms with van der Waals surface area (Å²) in [6.45, 7) is 6.37. The predicted octanol–water partition coefficient (Wildman–Crippen LogP) is 6.37. The van der Waals surface area contributed by atoms with Crippen molar-refractivity contribution < 1.29 is 4.52 Å². The highest BCUT2D eigenvalue weighted by Gasteiger charge is 2.32. The lowest BCUT2D eigenvalue weighted by Crippen LogP contribution is -2.22. The number of hydrogen-bond donors (Lipinski definition) is 1. The van der Waals surface area contributed by atoms with Gasteiger partial charge in [0, 0.05) is 34.6 Å². The molecule has 0 saturated carbocycles. The molecule has 11 heteroatoms. The Balaban J connectivity index is 1.71. The van der Waals surface area contributed by atoms with Crippen molar-refractivity contribution in [1.29, 1.82) is 0 Å². The number of rotatable bonds is 3. The van der Waals surface area contributed by atoms with Crippen LogP contribution in [0.3, 0.4) is 0 Å². The molecule has 0 bridgehead atoms. The number of benzene rings is 2. The average molecular weight is 529 g/mol. The van der Waals surface area contributed by atoms with Crippen LogP contribution >= 0.6 is 34.8 Å². The van der Waals surface area contributed by atoms with Crippen molar-refractivity contribution in [1.82, 2.24) is 29.7 Å². The summed E-state index contributed by atoms with van der Waals surface area (Å²) in [6, 6.07) is 13.7. The first-order valence-corrected chi connectivity index (χ1v) is 11.8. The Hall–Kier alpha value is -3.20. The molecule has 0 unspecified atom stereocenters. The summed E-state index contributed by atoms with van der Waals surface area (Å²) in [7, 11) is 0. The van der Waals surface area contributed by atoms with E-state index < -0.39 is 3.79 Å². The summed E-state index contributed by atoms with van der Waals surface area (Å²) >= 11 is 17.8. The van der Waals surface area contributed by atoms with Crippen LogP contribution in [-0.4, -0.2) is 29.7 Å². The zero-order chi connectivity index (χ0) is 25.0. The predicted molar refractivity (Wildman–Crippen MR) is 138 cm³/mol. The van der Waals surface area contributed by atoms with Crippen LogP contribution in [0.1, 0.15) is 26.7 Å².